The highest BCUT2D eigenvalue weighted by Crippen LogP contribution is 2.49. The molecule has 1 N–H and O–H groups in total. The predicted octanol–water partition coefficient (Wildman–Crippen LogP) is 4.80. The molecule has 1 aliphatic carbocycles. The Hall–Kier alpha value is -1.58. The number of amides is 1. The van der Waals surface area contributed by atoms with Crippen molar-refractivity contribution in [2.24, 2.45) is 0 Å². The first-order valence-corrected chi connectivity index (χ1v) is 7.30. The Labute approximate surface area is 131 Å². The van der Waals surface area contributed by atoms with E-state index in [-0.39, 0.29) is 11.7 Å². The quantitative estimate of drug-likeness (QED) is 0.863. The van der Waals surface area contributed by atoms with Gasteiger partial charge in [-0.25, -0.2) is 4.39 Å². The number of hydrogen-bond acceptors (Lipinski definition) is 1. The van der Waals surface area contributed by atoms with Crippen LogP contribution in [0, 0.1) is 5.82 Å². The zero-order valence-electron chi connectivity index (χ0n) is 11.0. The first kappa shape index (κ1) is 14.4. The molecule has 1 saturated carbocycles. The fraction of sp³-hybridized carbons (Fsp3) is 0.188. The fourth-order valence-corrected chi connectivity index (χ4v) is 2.73. The van der Waals surface area contributed by atoms with Gasteiger partial charge >= 0.3 is 0 Å². The zero-order valence-corrected chi connectivity index (χ0v) is 12.5. The van der Waals surface area contributed by atoms with Gasteiger partial charge in [-0.1, -0.05) is 41.4 Å². The van der Waals surface area contributed by atoms with Crippen LogP contribution in [0.4, 0.5) is 10.1 Å². The lowest BCUT2D eigenvalue weighted by atomic mass is 9.95. The van der Waals surface area contributed by atoms with E-state index in [1.807, 2.05) is 0 Å². The highest BCUT2D eigenvalue weighted by Gasteiger charge is 2.51. The maximum absolute atomic E-state index is 13.0. The molecule has 0 aliphatic heterocycles. The van der Waals surface area contributed by atoms with Gasteiger partial charge in [0.2, 0.25) is 5.91 Å². The Morgan fingerprint density at radius 2 is 1.76 bits per heavy atom. The number of hydrogen-bond donors (Lipinski definition) is 1. The fourth-order valence-electron chi connectivity index (χ4n) is 2.38. The molecule has 1 aliphatic rings. The van der Waals surface area contributed by atoms with E-state index in [0.717, 1.165) is 18.4 Å². The van der Waals surface area contributed by atoms with E-state index in [1.54, 1.807) is 30.3 Å². The molecule has 108 valence electrons. The van der Waals surface area contributed by atoms with Crippen molar-refractivity contribution in [3.8, 4) is 0 Å². The van der Waals surface area contributed by atoms with Crippen LogP contribution in [0.5, 0.6) is 0 Å². The van der Waals surface area contributed by atoms with Crippen molar-refractivity contribution in [2.45, 2.75) is 18.3 Å². The minimum atomic E-state index is -0.584. The predicted molar refractivity (Wildman–Crippen MR) is 82.4 cm³/mol. The van der Waals surface area contributed by atoms with Crippen LogP contribution in [0.3, 0.4) is 0 Å². The lowest BCUT2D eigenvalue weighted by molar-refractivity contribution is -0.118. The van der Waals surface area contributed by atoms with Crippen LogP contribution in [0.25, 0.3) is 0 Å². The van der Waals surface area contributed by atoms with Crippen LogP contribution < -0.4 is 5.32 Å². The average molecular weight is 324 g/mol. The molecular formula is C16H12Cl2FNO. The third kappa shape index (κ3) is 2.63. The second kappa shape index (κ2) is 5.32. The minimum absolute atomic E-state index is 0.140. The molecule has 0 radical (unpaired) electrons. The second-order valence-electron chi connectivity index (χ2n) is 5.14. The molecule has 0 unspecified atom stereocenters. The molecule has 0 atom stereocenters. The summed E-state index contributed by atoms with van der Waals surface area (Å²) in [6.45, 7) is 0. The zero-order chi connectivity index (χ0) is 15.0. The Morgan fingerprint density at radius 3 is 2.38 bits per heavy atom. The molecule has 0 aromatic heterocycles. The first-order chi connectivity index (χ1) is 10.0. The van der Waals surface area contributed by atoms with Crippen molar-refractivity contribution in [2.75, 3.05) is 5.32 Å². The summed E-state index contributed by atoms with van der Waals surface area (Å²) in [5.41, 5.74) is 0.724. The van der Waals surface area contributed by atoms with Crippen molar-refractivity contribution in [3.63, 3.8) is 0 Å². The van der Waals surface area contributed by atoms with Gasteiger partial charge in [-0.05, 0) is 42.7 Å². The van der Waals surface area contributed by atoms with Gasteiger partial charge in [0.05, 0.1) is 21.1 Å². The minimum Gasteiger partial charge on any atom is -0.324 e. The van der Waals surface area contributed by atoms with Gasteiger partial charge in [-0.15, -0.1) is 0 Å². The highest BCUT2D eigenvalue weighted by molar-refractivity contribution is 6.44. The van der Waals surface area contributed by atoms with Crippen LogP contribution in [0.1, 0.15) is 18.4 Å². The van der Waals surface area contributed by atoms with Crippen molar-refractivity contribution >= 4 is 34.8 Å². The highest BCUT2D eigenvalue weighted by atomic mass is 35.5. The number of benzene rings is 2. The normalized spacial score (nSPS) is 15.6. The SMILES string of the molecule is O=C(Nc1cccc(Cl)c1Cl)C1(c2ccc(F)cc2)CC1. The first-order valence-electron chi connectivity index (χ1n) is 6.54. The largest absolute Gasteiger partial charge is 0.324 e. The van der Waals surface area contributed by atoms with Gasteiger partial charge in [-0.3, -0.25) is 4.79 Å². The van der Waals surface area contributed by atoms with Crippen LogP contribution in [-0.2, 0) is 10.2 Å². The number of rotatable bonds is 3. The Balaban J connectivity index is 1.85. The van der Waals surface area contributed by atoms with Gasteiger partial charge in [0, 0.05) is 0 Å². The summed E-state index contributed by atoms with van der Waals surface area (Å²) in [7, 11) is 0. The summed E-state index contributed by atoms with van der Waals surface area (Å²) in [5, 5.41) is 3.53. The standard InChI is InChI=1S/C16H12Cl2FNO/c17-12-2-1-3-13(14(12)18)20-15(21)16(8-9-16)10-4-6-11(19)7-5-10/h1-7H,8-9H2,(H,20,21). The maximum Gasteiger partial charge on any atom is 0.235 e. The average Bonchev–Trinajstić information content (AvgIpc) is 3.26. The van der Waals surface area contributed by atoms with Crippen molar-refractivity contribution < 1.29 is 9.18 Å². The van der Waals surface area contributed by atoms with E-state index in [4.69, 9.17) is 23.2 Å². The van der Waals surface area contributed by atoms with Gasteiger partial charge < -0.3 is 5.32 Å². The summed E-state index contributed by atoms with van der Waals surface area (Å²) in [4.78, 5) is 12.5. The third-order valence-corrected chi connectivity index (χ3v) is 4.60. The number of halogens is 3. The topological polar surface area (TPSA) is 29.1 Å². The van der Waals surface area contributed by atoms with Gasteiger partial charge in [0.1, 0.15) is 5.82 Å². The summed E-state index contributed by atoms with van der Waals surface area (Å²) in [5.74, 6) is -0.453. The molecule has 2 aromatic rings. The molecule has 2 nitrogen and oxygen atoms in total. The molecular weight excluding hydrogens is 312 g/mol. The molecule has 0 spiro atoms. The molecule has 0 saturated heterocycles. The number of carbonyl (C=O) groups excluding carboxylic acids is 1. The molecule has 2 aromatic carbocycles. The van der Waals surface area contributed by atoms with Crippen molar-refractivity contribution in [1.29, 1.82) is 0 Å². The van der Waals surface area contributed by atoms with Gasteiger partial charge in [0.15, 0.2) is 0 Å². The molecule has 5 heteroatoms. The van der Waals surface area contributed by atoms with E-state index in [9.17, 15) is 9.18 Å². The van der Waals surface area contributed by atoms with Crippen molar-refractivity contribution in [1.82, 2.24) is 0 Å². The Bertz CT molecular complexity index is 696. The van der Waals surface area contributed by atoms with E-state index in [1.165, 1.54) is 12.1 Å². The van der Waals surface area contributed by atoms with E-state index >= 15 is 0 Å². The number of carbonyl (C=O) groups is 1. The molecule has 21 heavy (non-hydrogen) atoms. The molecule has 1 fully saturated rings. The monoisotopic (exact) mass is 323 g/mol. The summed E-state index contributed by atoms with van der Waals surface area (Å²) in [6, 6.07) is 11.1. The lowest BCUT2D eigenvalue weighted by Gasteiger charge is -2.16. The van der Waals surface area contributed by atoms with Gasteiger partial charge in [0.25, 0.3) is 0 Å². The summed E-state index contributed by atoms with van der Waals surface area (Å²) in [6.07, 6.45) is 1.48. The van der Waals surface area contributed by atoms with Crippen molar-refractivity contribution in [3.05, 3.63) is 63.9 Å². The van der Waals surface area contributed by atoms with E-state index in [2.05, 4.69) is 5.32 Å². The van der Waals surface area contributed by atoms with Crippen LogP contribution in [0.2, 0.25) is 10.0 Å². The maximum atomic E-state index is 13.0. The lowest BCUT2D eigenvalue weighted by Crippen LogP contribution is -2.27. The molecule has 1 amide bonds. The number of nitrogens with one attached hydrogen (secondary N) is 1. The van der Waals surface area contributed by atoms with Crippen LogP contribution >= 0.6 is 23.2 Å². The molecule has 0 heterocycles. The van der Waals surface area contributed by atoms with Crippen LogP contribution in [0.15, 0.2) is 42.5 Å². The van der Waals surface area contributed by atoms with Crippen LogP contribution in [-0.4, -0.2) is 5.91 Å². The molecule has 3 rings (SSSR count). The van der Waals surface area contributed by atoms with E-state index < -0.39 is 5.41 Å². The Morgan fingerprint density at radius 1 is 1.10 bits per heavy atom. The third-order valence-electron chi connectivity index (χ3n) is 3.78. The summed E-state index contributed by atoms with van der Waals surface area (Å²) >= 11 is 12.0. The molecule has 0 bridgehead atoms. The van der Waals surface area contributed by atoms with Gasteiger partial charge in [-0.2, -0.15) is 0 Å². The summed E-state index contributed by atoms with van der Waals surface area (Å²) < 4.78 is 13.0. The Kier molecular flexibility index (Phi) is 3.64. The second-order valence-corrected chi connectivity index (χ2v) is 5.93. The smallest absolute Gasteiger partial charge is 0.235 e. The number of anilines is 1. The van der Waals surface area contributed by atoms with E-state index in [0.29, 0.717) is 15.7 Å².